The van der Waals surface area contributed by atoms with Gasteiger partial charge >= 0.3 is 11.9 Å². The molecule has 0 atom stereocenters. The van der Waals surface area contributed by atoms with E-state index >= 15 is 0 Å². The van der Waals surface area contributed by atoms with Crippen LogP contribution in [0.2, 0.25) is 0 Å². The Balaban J connectivity index is 2.77. The van der Waals surface area contributed by atoms with Crippen molar-refractivity contribution < 1.29 is 19.8 Å². The summed E-state index contributed by atoms with van der Waals surface area (Å²) in [7, 11) is 0. The van der Waals surface area contributed by atoms with Crippen molar-refractivity contribution in [2.75, 3.05) is 0 Å². The Morgan fingerprint density at radius 2 is 1.67 bits per heavy atom. The number of hydrogen-bond donors (Lipinski definition) is 3. The first-order valence-electron chi connectivity index (χ1n) is 7.18. The van der Waals surface area contributed by atoms with Gasteiger partial charge in [-0.15, -0.1) is 0 Å². The highest BCUT2D eigenvalue weighted by Gasteiger charge is 2.37. The minimum Gasteiger partial charge on any atom is -0.478 e. The van der Waals surface area contributed by atoms with Gasteiger partial charge in [-0.1, -0.05) is 24.3 Å². The molecule has 0 amide bonds. The Morgan fingerprint density at radius 3 is 2.17 bits per heavy atom. The van der Waals surface area contributed by atoms with Gasteiger partial charge in [0.2, 0.25) is 0 Å². The summed E-state index contributed by atoms with van der Waals surface area (Å²) < 4.78 is 0. The van der Waals surface area contributed by atoms with Gasteiger partial charge < -0.3 is 15.5 Å². The zero-order valence-electron chi connectivity index (χ0n) is 13.2. The number of benzene rings is 1. The Kier molecular flexibility index (Phi) is 4.85. The Morgan fingerprint density at radius 1 is 1.12 bits per heavy atom. The number of carbonyl (C=O) groups is 2. The molecular weight excluding hydrogens is 308 g/mol. The lowest BCUT2D eigenvalue weighted by molar-refractivity contribution is -0.133. The molecular formula is C18H16N2O4. The minimum atomic E-state index is -1.18. The van der Waals surface area contributed by atoms with Crippen LogP contribution in [-0.2, 0) is 9.59 Å². The van der Waals surface area contributed by atoms with Crippen LogP contribution >= 0.6 is 0 Å². The van der Waals surface area contributed by atoms with Crippen LogP contribution in [0.5, 0.6) is 0 Å². The maximum absolute atomic E-state index is 11.8. The molecule has 24 heavy (non-hydrogen) atoms. The molecule has 122 valence electrons. The maximum atomic E-state index is 11.8. The first-order chi connectivity index (χ1) is 11.4. The number of hydrogen-bond acceptors (Lipinski definition) is 4. The second-order valence-corrected chi connectivity index (χ2v) is 5.34. The zero-order chi connectivity index (χ0) is 17.9. The van der Waals surface area contributed by atoms with Crippen molar-refractivity contribution in [2.45, 2.75) is 19.8 Å². The number of nitrogens with zero attached hydrogens (tertiary/aromatic N) is 1. The summed E-state index contributed by atoms with van der Waals surface area (Å²) >= 11 is 0. The molecule has 1 aromatic carbocycles. The number of allylic oxidation sites excluding steroid dienone is 3. The lowest BCUT2D eigenvalue weighted by Gasteiger charge is -2.29. The molecule has 3 N–H and O–H groups in total. The number of nitrogens with one attached hydrogen (secondary N) is 1. The first-order valence-corrected chi connectivity index (χ1v) is 7.18. The molecule has 0 saturated heterocycles. The zero-order valence-corrected chi connectivity index (χ0v) is 13.2. The van der Waals surface area contributed by atoms with E-state index in [9.17, 15) is 19.8 Å². The van der Waals surface area contributed by atoms with Crippen molar-refractivity contribution in [3.05, 3.63) is 64.0 Å². The number of carboxylic acids is 2. The van der Waals surface area contributed by atoms with Gasteiger partial charge in [0.15, 0.2) is 0 Å². The number of nitriles is 1. The van der Waals surface area contributed by atoms with Gasteiger partial charge in [-0.3, -0.25) is 0 Å². The predicted molar refractivity (Wildman–Crippen MR) is 87.6 cm³/mol. The second kappa shape index (κ2) is 6.84. The van der Waals surface area contributed by atoms with Crippen LogP contribution < -0.4 is 5.32 Å². The summed E-state index contributed by atoms with van der Waals surface area (Å²) in [4.78, 5) is 23.5. The highest BCUT2D eigenvalue weighted by atomic mass is 16.4. The summed E-state index contributed by atoms with van der Waals surface area (Å²) in [6, 6.07) is 8.74. The molecule has 2 rings (SSSR count). The van der Waals surface area contributed by atoms with E-state index in [4.69, 9.17) is 5.26 Å². The molecule has 0 aromatic heterocycles. The first kappa shape index (κ1) is 17.0. The normalized spacial score (nSPS) is 15.4. The third-order valence-electron chi connectivity index (χ3n) is 3.87. The van der Waals surface area contributed by atoms with Gasteiger partial charge in [0.05, 0.1) is 23.1 Å². The van der Waals surface area contributed by atoms with Gasteiger partial charge in [-0.25, -0.2) is 9.59 Å². The highest BCUT2D eigenvalue weighted by molar-refractivity contribution is 5.98. The van der Waals surface area contributed by atoms with E-state index in [2.05, 4.69) is 5.32 Å². The Labute approximate surface area is 139 Å². The van der Waals surface area contributed by atoms with Crippen LogP contribution in [0.4, 0.5) is 0 Å². The number of rotatable bonds is 4. The lowest BCUT2D eigenvalue weighted by atomic mass is 9.78. The largest absolute Gasteiger partial charge is 0.478 e. The van der Waals surface area contributed by atoms with E-state index in [1.165, 1.54) is 6.08 Å². The molecule has 0 saturated carbocycles. The average molecular weight is 324 g/mol. The number of aliphatic carboxylic acids is 2. The summed E-state index contributed by atoms with van der Waals surface area (Å²) in [6.07, 6.45) is 2.81. The van der Waals surface area contributed by atoms with Crippen LogP contribution in [0.3, 0.4) is 0 Å². The van der Waals surface area contributed by atoms with E-state index in [1.807, 2.05) is 6.07 Å². The third kappa shape index (κ3) is 3.06. The predicted octanol–water partition coefficient (Wildman–Crippen LogP) is 2.63. The van der Waals surface area contributed by atoms with E-state index in [0.717, 1.165) is 0 Å². The molecule has 0 spiro atoms. The van der Waals surface area contributed by atoms with E-state index < -0.39 is 17.9 Å². The van der Waals surface area contributed by atoms with Crippen molar-refractivity contribution in [3.8, 4) is 6.07 Å². The summed E-state index contributed by atoms with van der Waals surface area (Å²) in [5, 5.41) is 30.8. The van der Waals surface area contributed by atoms with E-state index in [0.29, 0.717) is 22.5 Å². The van der Waals surface area contributed by atoms with Crippen molar-refractivity contribution in [3.63, 3.8) is 0 Å². The standard InChI is InChI=1S/C18H16N2O4/c1-10-14(17(21)22)16(15(18(23)24)11(2)20-10)13-8-4-3-6-12(13)7-5-9-19/h3-8,16,20H,1-2H3,(H,21,22)(H,23,24)/b7-5-. The van der Waals surface area contributed by atoms with Crippen LogP contribution in [0.25, 0.3) is 6.08 Å². The average Bonchev–Trinajstić information content (AvgIpc) is 2.51. The van der Waals surface area contributed by atoms with Crippen LogP contribution in [0, 0.1) is 11.3 Å². The van der Waals surface area contributed by atoms with Crippen molar-refractivity contribution in [2.24, 2.45) is 0 Å². The highest BCUT2D eigenvalue weighted by Crippen LogP contribution is 2.39. The van der Waals surface area contributed by atoms with Gasteiger partial charge in [-0.05, 0) is 31.1 Å². The van der Waals surface area contributed by atoms with Crippen LogP contribution in [0.15, 0.2) is 52.9 Å². The fourth-order valence-electron chi connectivity index (χ4n) is 2.92. The topological polar surface area (TPSA) is 110 Å². The van der Waals surface area contributed by atoms with E-state index in [-0.39, 0.29) is 11.1 Å². The molecule has 0 fully saturated rings. The Bertz CT molecular complexity index is 805. The fourth-order valence-corrected chi connectivity index (χ4v) is 2.92. The Hall–Kier alpha value is -3.33. The summed E-state index contributed by atoms with van der Waals surface area (Å²) in [6.45, 7) is 3.21. The lowest BCUT2D eigenvalue weighted by Crippen LogP contribution is -2.31. The van der Waals surface area contributed by atoms with Gasteiger partial charge in [0.1, 0.15) is 0 Å². The molecule has 1 heterocycles. The van der Waals surface area contributed by atoms with Gasteiger partial charge in [0.25, 0.3) is 0 Å². The summed E-state index contributed by atoms with van der Waals surface area (Å²) in [5.41, 5.74) is 1.89. The number of carboxylic acid groups (broad SMARTS) is 2. The molecule has 0 bridgehead atoms. The van der Waals surface area contributed by atoms with Gasteiger partial charge in [0, 0.05) is 17.5 Å². The smallest absolute Gasteiger partial charge is 0.334 e. The molecule has 1 aromatic rings. The molecule has 0 aliphatic carbocycles. The molecule has 0 radical (unpaired) electrons. The van der Waals surface area contributed by atoms with Gasteiger partial charge in [-0.2, -0.15) is 5.26 Å². The summed E-state index contributed by atoms with van der Waals surface area (Å²) in [5.74, 6) is -3.30. The molecule has 1 aliphatic heterocycles. The molecule has 1 aliphatic rings. The molecule has 0 unspecified atom stereocenters. The van der Waals surface area contributed by atoms with Crippen molar-refractivity contribution in [1.82, 2.24) is 5.32 Å². The maximum Gasteiger partial charge on any atom is 0.334 e. The molecule has 6 heteroatoms. The number of dihydropyridines is 1. The van der Waals surface area contributed by atoms with Crippen molar-refractivity contribution in [1.29, 1.82) is 5.26 Å². The fraction of sp³-hybridized carbons (Fsp3) is 0.167. The van der Waals surface area contributed by atoms with E-state index in [1.54, 1.807) is 44.2 Å². The van der Waals surface area contributed by atoms with Crippen LogP contribution in [0.1, 0.15) is 30.9 Å². The SMILES string of the molecule is CC1=C(C(=O)O)C(c2ccccc2/C=C\C#N)C(C(=O)O)=C(C)N1. The van der Waals surface area contributed by atoms with Crippen molar-refractivity contribution >= 4 is 18.0 Å². The second-order valence-electron chi connectivity index (χ2n) is 5.34. The quantitative estimate of drug-likeness (QED) is 0.734. The molecule has 6 nitrogen and oxygen atoms in total. The minimum absolute atomic E-state index is 0.0178. The third-order valence-corrected chi connectivity index (χ3v) is 3.87. The van der Waals surface area contributed by atoms with Crippen LogP contribution in [-0.4, -0.2) is 22.2 Å². The monoisotopic (exact) mass is 324 g/mol.